The van der Waals surface area contributed by atoms with E-state index >= 15 is 0 Å². The van der Waals surface area contributed by atoms with E-state index in [0.29, 0.717) is 23.1 Å². The Labute approximate surface area is 196 Å². The van der Waals surface area contributed by atoms with Crippen LogP contribution in [0.3, 0.4) is 0 Å². The SMILES string of the molecule is COCCOC(=O)CCc1cc2c(C)cc(=O)oc2cc1OC(=O)c1c(OC)cccc1OC. The van der Waals surface area contributed by atoms with Gasteiger partial charge in [0.2, 0.25) is 0 Å². The van der Waals surface area contributed by atoms with E-state index in [1.165, 1.54) is 33.5 Å². The minimum atomic E-state index is -0.729. The van der Waals surface area contributed by atoms with Crippen LogP contribution < -0.4 is 19.8 Å². The predicted octanol–water partition coefficient (Wildman–Crippen LogP) is 3.46. The number of aryl methyl sites for hydroxylation is 2. The van der Waals surface area contributed by atoms with Crippen LogP contribution in [0.5, 0.6) is 17.2 Å². The Morgan fingerprint density at radius 3 is 2.29 bits per heavy atom. The Balaban J connectivity index is 1.98. The molecule has 1 aromatic heterocycles. The van der Waals surface area contributed by atoms with E-state index in [0.717, 1.165) is 0 Å². The molecule has 0 saturated heterocycles. The Hall–Kier alpha value is -3.85. The fourth-order valence-electron chi connectivity index (χ4n) is 3.43. The number of ether oxygens (including phenoxy) is 5. The normalized spacial score (nSPS) is 10.7. The third-order valence-electron chi connectivity index (χ3n) is 5.12. The van der Waals surface area contributed by atoms with Gasteiger partial charge in [-0.25, -0.2) is 9.59 Å². The van der Waals surface area contributed by atoms with Crippen molar-refractivity contribution in [3.63, 3.8) is 0 Å². The number of hydrogen-bond donors (Lipinski definition) is 0. The molecule has 9 nitrogen and oxygen atoms in total. The lowest BCUT2D eigenvalue weighted by Gasteiger charge is -2.15. The molecule has 9 heteroatoms. The first-order valence-corrected chi connectivity index (χ1v) is 10.5. The van der Waals surface area contributed by atoms with Gasteiger partial charge in [0.15, 0.2) is 0 Å². The topological polar surface area (TPSA) is 111 Å². The van der Waals surface area contributed by atoms with E-state index in [1.54, 1.807) is 31.2 Å². The summed E-state index contributed by atoms with van der Waals surface area (Å²) in [6.07, 6.45) is 0.277. The lowest BCUT2D eigenvalue weighted by Crippen LogP contribution is -2.14. The molecule has 1 heterocycles. The van der Waals surface area contributed by atoms with Crippen molar-refractivity contribution in [1.29, 1.82) is 0 Å². The summed E-state index contributed by atoms with van der Waals surface area (Å²) in [5.74, 6) is -0.458. The minimum Gasteiger partial charge on any atom is -0.496 e. The Bertz CT molecular complexity index is 1220. The maximum absolute atomic E-state index is 13.1. The summed E-state index contributed by atoms with van der Waals surface area (Å²) in [4.78, 5) is 37.1. The second kappa shape index (κ2) is 11.3. The third-order valence-corrected chi connectivity index (χ3v) is 5.12. The maximum atomic E-state index is 13.1. The molecule has 0 amide bonds. The van der Waals surface area contributed by atoms with Crippen LogP contribution in [0.15, 0.2) is 45.6 Å². The summed E-state index contributed by atoms with van der Waals surface area (Å²) in [6.45, 7) is 2.21. The zero-order chi connectivity index (χ0) is 24.7. The largest absolute Gasteiger partial charge is 0.496 e. The van der Waals surface area contributed by atoms with Gasteiger partial charge in [-0.05, 0) is 42.7 Å². The molecule has 0 atom stereocenters. The van der Waals surface area contributed by atoms with Gasteiger partial charge in [0, 0.05) is 31.0 Å². The molecular weight excluding hydrogens is 444 g/mol. The van der Waals surface area contributed by atoms with Gasteiger partial charge in [-0.3, -0.25) is 4.79 Å². The van der Waals surface area contributed by atoms with E-state index in [2.05, 4.69) is 0 Å². The van der Waals surface area contributed by atoms with Gasteiger partial charge in [-0.1, -0.05) is 6.07 Å². The van der Waals surface area contributed by atoms with Crippen LogP contribution in [0.1, 0.15) is 27.9 Å². The van der Waals surface area contributed by atoms with E-state index in [1.807, 2.05) is 0 Å². The summed E-state index contributed by atoms with van der Waals surface area (Å²) in [7, 11) is 4.38. The van der Waals surface area contributed by atoms with E-state index in [9.17, 15) is 14.4 Å². The molecule has 0 N–H and O–H groups in total. The number of fused-ring (bicyclic) bond motifs is 1. The third kappa shape index (κ3) is 5.74. The molecule has 0 bridgehead atoms. The highest BCUT2D eigenvalue weighted by Crippen LogP contribution is 2.33. The summed E-state index contributed by atoms with van der Waals surface area (Å²) in [6, 6.07) is 9.48. The Morgan fingerprint density at radius 1 is 0.941 bits per heavy atom. The summed E-state index contributed by atoms with van der Waals surface area (Å²) < 4.78 is 31.6. The van der Waals surface area contributed by atoms with E-state index in [4.69, 9.17) is 28.1 Å². The highest BCUT2D eigenvalue weighted by Gasteiger charge is 2.22. The molecule has 0 saturated carbocycles. The summed E-state index contributed by atoms with van der Waals surface area (Å²) >= 11 is 0. The van der Waals surface area contributed by atoms with Crippen LogP contribution in [0.25, 0.3) is 11.0 Å². The lowest BCUT2D eigenvalue weighted by molar-refractivity contribution is -0.144. The van der Waals surface area contributed by atoms with Gasteiger partial charge < -0.3 is 28.1 Å². The van der Waals surface area contributed by atoms with Gasteiger partial charge in [0.05, 0.1) is 20.8 Å². The monoisotopic (exact) mass is 470 g/mol. The number of benzene rings is 2. The maximum Gasteiger partial charge on any atom is 0.351 e. The van der Waals surface area contributed by atoms with Crippen LogP contribution in [0.2, 0.25) is 0 Å². The van der Waals surface area contributed by atoms with Crippen molar-refractivity contribution in [1.82, 2.24) is 0 Å². The van der Waals surface area contributed by atoms with Crippen molar-refractivity contribution < 1.29 is 37.7 Å². The average molecular weight is 470 g/mol. The lowest BCUT2D eigenvalue weighted by atomic mass is 10.0. The number of esters is 2. The number of hydrogen-bond acceptors (Lipinski definition) is 9. The molecule has 0 aliphatic carbocycles. The van der Waals surface area contributed by atoms with Crippen molar-refractivity contribution in [3.8, 4) is 17.2 Å². The smallest absolute Gasteiger partial charge is 0.351 e. The van der Waals surface area contributed by atoms with Crippen molar-refractivity contribution in [2.45, 2.75) is 19.8 Å². The number of rotatable bonds is 10. The average Bonchev–Trinajstić information content (AvgIpc) is 2.82. The predicted molar refractivity (Wildman–Crippen MR) is 123 cm³/mol. The Kier molecular flexibility index (Phi) is 8.26. The first-order valence-electron chi connectivity index (χ1n) is 10.5. The van der Waals surface area contributed by atoms with Gasteiger partial charge in [-0.2, -0.15) is 0 Å². The number of methoxy groups -OCH3 is 3. The van der Waals surface area contributed by atoms with Crippen LogP contribution >= 0.6 is 0 Å². The van der Waals surface area contributed by atoms with E-state index in [-0.39, 0.29) is 47.8 Å². The van der Waals surface area contributed by atoms with Gasteiger partial charge in [0.1, 0.15) is 35.0 Å². The van der Waals surface area contributed by atoms with Crippen LogP contribution in [0.4, 0.5) is 0 Å². The highest BCUT2D eigenvalue weighted by atomic mass is 16.6. The second-order valence-corrected chi connectivity index (χ2v) is 7.34. The summed E-state index contributed by atoms with van der Waals surface area (Å²) in [5.41, 5.74) is 1.09. The van der Waals surface area contributed by atoms with Gasteiger partial charge in [-0.15, -0.1) is 0 Å². The van der Waals surface area contributed by atoms with Crippen molar-refractivity contribution in [3.05, 3.63) is 63.5 Å². The number of carbonyl (C=O) groups is 2. The van der Waals surface area contributed by atoms with Gasteiger partial charge in [0.25, 0.3) is 0 Å². The van der Waals surface area contributed by atoms with Gasteiger partial charge >= 0.3 is 17.6 Å². The molecular formula is C25H26O9. The molecule has 0 aliphatic rings. The second-order valence-electron chi connectivity index (χ2n) is 7.34. The zero-order valence-electron chi connectivity index (χ0n) is 19.5. The fraction of sp³-hybridized carbons (Fsp3) is 0.320. The zero-order valence-corrected chi connectivity index (χ0v) is 19.5. The molecule has 0 unspecified atom stereocenters. The first kappa shape index (κ1) is 24.8. The molecule has 180 valence electrons. The minimum absolute atomic E-state index is 0.0492. The highest BCUT2D eigenvalue weighted by molar-refractivity contribution is 5.97. The molecule has 0 radical (unpaired) electrons. The van der Waals surface area contributed by atoms with Crippen LogP contribution in [0, 0.1) is 6.92 Å². The van der Waals surface area contributed by atoms with Crippen molar-refractivity contribution in [2.75, 3.05) is 34.5 Å². The van der Waals surface area contributed by atoms with Crippen molar-refractivity contribution >= 4 is 22.9 Å². The first-order chi connectivity index (χ1) is 16.4. The van der Waals surface area contributed by atoms with E-state index < -0.39 is 17.6 Å². The molecule has 0 fully saturated rings. The molecule has 3 aromatic rings. The van der Waals surface area contributed by atoms with Crippen LogP contribution in [-0.4, -0.2) is 46.5 Å². The molecule has 2 aromatic carbocycles. The number of carbonyl (C=O) groups excluding carboxylic acids is 2. The standard InChI is InChI=1S/C25H26O9/c1-15-12-23(27)33-21-14-20(16(13-17(15)21)8-9-22(26)32-11-10-29-2)34-25(28)24-18(30-3)6-5-7-19(24)31-4/h5-7,12-14H,8-11H2,1-4H3. The van der Waals surface area contributed by atoms with Crippen molar-refractivity contribution in [2.24, 2.45) is 0 Å². The quantitative estimate of drug-likeness (QED) is 0.190. The molecule has 34 heavy (non-hydrogen) atoms. The molecule has 0 aliphatic heterocycles. The molecule has 3 rings (SSSR count). The molecule has 0 spiro atoms. The van der Waals surface area contributed by atoms with Crippen LogP contribution in [-0.2, 0) is 20.7 Å². The summed E-state index contributed by atoms with van der Waals surface area (Å²) in [5, 5.41) is 0.664. The Morgan fingerprint density at radius 2 is 1.65 bits per heavy atom. The fourth-order valence-corrected chi connectivity index (χ4v) is 3.43.